The van der Waals surface area contributed by atoms with E-state index < -0.39 is 5.16 Å². The lowest BCUT2D eigenvalue weighted by molar-refractivity contribution is 0.145. The molecule has 0 aromatic heterocycles. The Hall–Kier alpha value is 0.310. The molecule has 4 heteroatoms. The summed E-state index contributed by atoms with van der Waals surface area (Å²) in [5.41, 5.74) is 0. The minimum atomic E-state index is -0.589. The third kappa shape index (κ3) is 3.11. The molecule has 1 atom stereocenters. The van der Waals surface area contributed by atoms with Crippen LogP contribution < -0.4 is 0 Å². The summed E-state index contributed by atoms with van der Waals surface area (Å²) in [4.78, 5) is 0. The van der Waals surface area contributed by atoms with Gasteiger partial charge in [-0.3, -0.25) is 0 Å². The van der Waals surface area contributed by atoms with E-state index in [2.05, 4.69) is 9.24 Å². The fraction of sp³-hybridized carbons (Fsp3) is 1.00. The number of aliphatic hydroxyl groups excluding tert-OH is 3. The van der Waals surface area contributed by atoms with Gasteiger partial charge in [0.2, 0.25) is 0 Å². The van der Waals surface area contributed by atoms with Crippen LogP contribution in [0.25, 0.3) is 0 Å². The van der Waals surface area contributed by atoms with Crippen LogP contribution in [-0.2, 0) is 0 Å². The first-order valence-corrected chi connectivity index (χ1v) is 3.38. The highest BCUT2D eigenvalue weighted by atomic mass is 31.0. The second-order valence-electron chi connectivity index (χ2n) is 2.15. The van der Waals surface area contributed by atoms with Gasteiger partial charge in [-0.2, -0.15) is 0 Å². The Morgan fingerprint density at radius 3 is 1.67 bits per heavy atom. The zero-order valence-corrected chi connectivity index (χ0v) is 6.40. The van der Waals surface area contributed by atoms with Crippen molar-refractivity contribution in [3.63, 3.8) is 0 Å². The van der Waals surface area contributed by atoms with Crippen LogP contribution in [0, 0.1) is 0 Å². The van der Waals surface area contributed by atoms with Crippen molar-refractivity contribution in [2.24, 2.45) is 0 Å². The Morgan fingerprint density at radius 2 is 1.56 bits per heavy atom. The zero-order valence-electron chi connectivity index (χ0n) is 5.25. The minimum Gasteiger partial charge on any atom is -0.396 e. The average molecular weight is 152 g/mol. The van der Waals surface area contributed by atoms with Crippen molar-refractivity contribution in [3.05, 3.63) is 0 Å². The van der Waals surface area contributed by atoms with Crippen molar-refractivity contribution in [3.8, 4) is 0 Å². The molecule has 0 rings (SSSR count). The second-order valence-corrected chi connectivity index (χ2v) is 3.38. The molecule has 0 amide bonds. The largest absolute Gasteiger partial charge is 0.396 e. The lowest BCUT2D eigenvalue weighted by atomic mass is 10.1. The van der Waals surface area contributed by atoms with Crippen molar-refractivity contribution >= 4 is 9.24 Å². The molecule has 0 heterocycles. The van der Waals surface area contributed by atoms with E-state index >= 15 is 0 Å². The molecule has 0 aliphatic heterocycles. The maximum absolute atomic E-state index is 8.62. The Labute approximate surface area is 56.9 Å². The van der Waals surface area contributed by atoms with Crippen LogP contribution in [0.3, 0.4) is 0 Å². The van der Waals surface area contributed by atoms with Gasteiger partial charge in [0.05, 0.1) is 13.2 Å². The van der Waals surface area contributed by atoms with Crippen molar-refractivity contribution in [1.82, 2.24) is 0 Å². The van der Waals surface area contributed by atoms with E-state index in [1.807, 2.05) is 0 Å². The molecule has 0 spiro atoms. The summed E-state index contributed by atoms with van der Waals surface area (Å²) in [5.74, 6) is 0. The molecule has 0 bridgehead atoms. The van der Waals surface area contributed by atoms with E-state index in [1.54, 1.807) is 0 Å². The van der Waals surface area contributed by atoms with E-state index in [9.17, 15) is 0 Å². The van der Waals surface area contributed by atoms with Gasteiger partial charge in [0.1, 0.15) is 0 Å². The molecular weight excluding hydrogens is 139 g/mol. The first kappa shape index (κ1) is 9.31. The quantitative estimate of drug-likeness (QED) is 0.451. The Balaban J connectivity index is 3.62. The van der Waals surface area contributed by atoms with E-state index in [0.29, 0.717) is 6.42 Å². The predicted molar refractivity (Wildman–Crippen MR) is 38.3 cm³/mol. The van der Waals surface area contributed by atoms with Crippen molar-refractivity contribution in [2.75, 3.05) is 19.8 Å². The molecule has 9 heavy (non-hydrogen) atoms. The van der Waals surface area contributed by atoms with Gasteiger partial charge in [0.25, 0.3) is 0 Å². The zero-order chi connectivity index (χ0) is 7.33. The van der Waals surface area contributed by atoms with Gasteiger partial charge in [-0.05, 0) is 6.42 Å². The minimum absolute atomic E-state index is 0.00931. The molecule has 56 valence electrons. The Bertz CT molecular complexity index is 72.6. The lowest BCUT2D eigenvalue weighted by Crippen LogP contribution is -2.31. The molecule has 0 saturated carbocycles. The SMILES string of the molecule is OCCC(P)(CO)CO. The first-order chi connectivity index (χ1) is 4.18. The van der Waals surface area contributed by atoms with Gasteiger partial charge in [0.15, 0.2) is 0 Å². The summed E-state index contributed by atoms with van der Waals surface area (Å²) >= 11 is 0. The average Bonchev–Trinajstić information content (AvgIpc) is 1.89. The highest BCUT2D eigenvalue weighted by Crippen LogP contribution is 2.20. The number of hydrogen-bond donors (Lipinski definition) is 3. The van der Waals surface area contributed by atoms with Crippen molar-refractivity contribution in [1.29, 1.82) is 0 Å². The molecule has 0 aliphatic carbocycles. The van der Waals surface area contributed by atoms with Crippen LogP contribution in [0.15, 0.2) is 0 Å². The third-order valence-corrected chi connectivity index (χ3v) is 1.89. The maximum atomic E-state index is 8.62. The molecule has 1 unspecified atom stereocenters. The fourth-order valence-corrected chi connectivity index (χ4v) is 0.560. The molecule has 0 radical (unpaired) electrons. The standard InChI is InChI=1S/C5H13O3P/c6-2-1-5(9,3-7)4-8/h6-8H,1-4,9H2. The van der Waals surface area contributed by atoms with Crippen LogP contribution in [0.1, 0.15) is 6.42 Å². The smallest absolute Gasteiger partial charge is 0.0544 e. The number of hydrogen-bond acceptors (Lipinski definition) is 3. The van der Waals surface area contributed by atoms with Gasteiger partial charge < -0.3 is 15.3 Å². The van der Waals surface area contributed by atoms with Crippen molar-refractivity contribution in [2.45, 2.75) is 11.6 Å². The highest BCUT2D eigenvalue weighted by Gasteiger charge is 2.21. The fourth-order valence-electron chi connectivity index (χ4n) is 0.431. The van der Waals surface area contributed by atoms with Crippen LogP contribution in [0.4, 0.5) is 0 Å². The van der Waals surface area contributed by atoms with Crippen LogP contribution in [0.5, 0.6) is 0 Å². The lowest BCUT2D eigenvalue weighted by Gasteiger charge is -2.22. The summed E-state index contributed by atoms with van der Waals surface area (Å²) in [6.07, 6.45) is 0.407. The van der Waals surface area contributed by atoms with Gasteiger partial charge in [0, 0.05) is 11.8 Å². The molecule has 0 aromatic carbocycles. The summed E-state index contributed by atoms with van der Waals surface area (Å²) in [6, 6.07) is 0. The predicted octanol–water partition coefficient (Wildman–Crippen LogP) is -1.03. The Morgan fingerprint density at radius 1 is 1.11 bits per heavy atom. The molecule has 0 aliphatic rings. The monoisotopic (exact) mass is 152 g/mol. The molecule has 0 saturated heterocycles. The molecule has 0 fully saturated rings. The topological polar surface area (TPSA) is 60.7 Å². The van der Waals surface area contributed by atoms with E-state index in [0.717, 1.165) is 0 Å². The first-order valence-electron chi connectivity index (χ1n) is 2.80. The molecular formula is C5H13O3P. The highest BCUT2D eigenvalue weighted by molar-refractivity contribution is 7.19. The van der Waals surface area contributed by atoms with E-state index in [1.165, 1.54) is 0 Å². The van der Waals surface area contributed by atoms with Crippen LogP contribution in [-0.4, -0.2) is 40.3 Å². The number of aliphatic hydroxyl groups is 3. The maximum Gasteiger partial charge on any atom is 0.0544 e. The second kappa shape index (κ2) is 4.18. The summed E-state index contributed by atoms with van der Waals surface area (Å²) in [6.45, 7) is -0.242. The van der Waals surface area contributed by atoms with E-state index in [-0.39, 0.29) is 19.8 Å². The van der Waals surface area contributed by atoms with Gasteiger partial charge in [-0.1, -0.05) is 0 Å². The summed E-state index contributed by atoms with van der Waals surface area (Å²) < 4.78 is 0. The normalized spacial score (nSPS) is 12.0. The van der Waals surface area contributed by atoms with E-state index in [4.69, 9.17) is 15.3 Å². The molecule has 3 N–H and O–H groups in total. The van der Waals surface area contributed by atoms with Crippen LogP contribution in [0.2, 0.25) is 0 Å². The van der Waals surface area contributed by atoms with Crippen molar-refractivity contribution < 1.29 is 15.3 Å². The van der Waals surface area contributed by atoms with Gasteiger partial charge in [-0.25, -0.2) is 0 Å². The Kier molecular flexibility index (Phi) is 4.32. The van der Waals surface area contributed by atoms with Gasteiger partial charge >= 0.3 is 0 Å². The summed E-state index contributed by atoms with van der Waals surface area (Å²) in [5, 5.41) is 25.1. The third-order valence-electron chi connectivity index (χ3n) is 1.24. The molecule has 3 nitrogen and oxygen atoms in total. The number of rotatable bonds is 4. The van der Waals surface area contributed by atoms with Crippen LogP contribution >= 0.6 is 9.24 Å². The molecule has 0 aromatic rings. The van der Waals surface area contributed by atoms with Gasteiger partial charge in [-0.15, -0.1) is 9.24 Å². The summed E-state index contributed by atoms with van der Waals surface area (Å²) in [7, 11) is 2.33.